The fraction of sp³-hybridized carbons (Fsp3) is 1.00. The molecule has 0 saturated carbocycles. The van der Waals surface area contributed by atoms with Crippen molar-refractivity contribution >= 4 is 10.0 Å². The fourth-order valence-corrected chi connectivity index (χ4v) is 0.687. The Kier molecular flexibility index (Phi) is 7.18. The minimum absolute atomic E-state index is 0.663. The molecule has 4 heteroatoms. The van der Waals surface area contributed by atoms with Gasteiger partial charge >= 0.3 is 10.0 Å². The molecule has 0 aliphatic carbocycles. The lowest BCUT2D eigenvalue weighted by Gasteiger charge is -1.98. The van der Waals surface area contributed by atoms with Gasteiger partial charge in [-0.1, -0.05) is 0 Å². The molecular weight excluding hydrogens is 124 g/mol. The lowest BCUT2D eigenvalue weighted by molar-refractivity contribution is 0.136. The molecular formula is C4H12O3Si. The first-order chi connectivity index (χ1) is 3.91. The first-order valence-corrected chi connectivity index (χ1v) is 3.63. The van der Waals surface area contributed by atoms with Gasteiger partial charge in [0.1, 0.15) is 0 Å². The van der Waals surface area contributed by atoms with E-state index < -0.39 is 10.0 Å². The summed E-state index contributed by atoms with van der Waals surface area (Å²) >= 11 is 0. The molecule has 0 heterocycles. The molecule has 0 aromatic carbocycles. The highest BCUT2D eigenvalue weighted by Gasteiger charge is 1.82. The van der Waals surface area contributed by atoms with Crippen LogP contribution >= 0.6 is 0 Å². The Labute approximate surface area is 52.0 Å². The summed E-state index contributed by atoms with van der Waals surface area (Å²) in [6, 6.07) is 0. The second kappa shape index (κ2) is 7.10. The van der Waals surface area contributed by atoms with Gasteiger partial charge in [0.2, 0.25) is 0 Å². The van der Waals surface area contributed by atoms with Crippen molar-refractivity contribution < 1.29 is 13.6 Å². The molecule has 0 N–H and O–H groups in total. The van der Waals surface area contributed by atoms with E-state index in [9.17, 15) is 0 Å². The molecule has 0 bridgehead atoms. The number of ether oxygens (including phenoxy) is 1. The summed E-state index contributed by atoms with van der Waals surface area (Å²) < 4.78 is 14.5. The number of hydrogen-bond acceptors (Lipinski definition) is 3. The normalized spacial score (nSPS) is 11.2. The molecule has 0 unspecified atom stereocenters. The van der Waals surface area contributed by atoms with Gasteiger partial charge in [0.15, 0.2) is 0 Å². The molecule has 3 nitrogen and oxygen atoms in total. The smallest absolute Gasteiger partial charge is 0.304 e. The molecule has 0 rings (SSSR count). The van der Waals surface area contributed by atoms with E-state index in [0.29, 0.717) is 13.2 Å². The Morgan fingerprint density at radius 1 is 1.25 bits per heavy atom. The number of hydrogen-bond donors (Lipinski definition) is 0. The standard InChI is InChI=1S/C4H12O3Si/c1-5-3-4-7-8-6-2/h3-4,8H2,1-2H3. The van der Waals surface area contributed by atoms with Crippen LogP contribution in [-0.2, 0) is 13.6 Å². The SMILES string of the molecule is COCCO[SiH2]OC. The van der Waals surface area contributed by atoms with Crippen LogP contribution in [0.1, 0.15) is 0 Å². The van der Waals surface area contributed by atoms with E-state index in [1.54, 1.807) is 14.2 Å². The van der Waals surface area contributed by atoms with E-state index in [1.807, 2.05) is 0 Å². The van der Waals surface area contributed by atoms with Gasteiger partial charge < -0.3 is 13.6 Å². The fourth-order valence-electron chi connectivity index (χ4n) is 0.285. The zero-order valence-electron chi connectivity index (χ0n) is 5.35. The van der Waals surface area contributed by atoms with Gasteiger partial charge in [0.05, 0.1) is 13.2 Å². The average Bonchev–Trinajstić information content (AvgIpc) is 1.81. The van der Waals surface area contributed by atoms with E-state index in [-0.39, 0.29) is 0 Å². The van der Waals surface area contributed by atoms with Crippen molar-refractivity contribution in [3.8, 4) is 0 Å². The van der Waals surface area contributed by atoms with Crippen LogP contribution in [0.15, 0.2) is 0 Å². The maximum Gasteiger partial charge on any atom is 0.304 e. The van der Waals surface area contributed by atoms with E-state index in [4.69, 9.17) is 13.6 Å². The molecule has 0 aliphatic rings. The zero-order valence-corrected chi connectivity index (χ0v) is 6.76. The Morgan fingerprint density at radius 3 is 2.50 bits per heavy atom. The van der Waals surface area contributed by atoms with Crippen LogP contribution < -0.4 is 0 Å². The van der Waals surface area contributed by atoms with Gasteiger partial charge in [0, 0.05) is 14.2 Å². The minimum Gasteiger partial charge on any atom is -0.402 e. The molecule has 0 fully saturated rings. The Hall–Kier alpha value is 0.0969. The summed E-state index contributed by atoms with van der Waals surface area (Å²) in [6.07, 6.45) is 0. The van der Waals surface area contributed by atoms with Crippen molar-refractivity contribution in [1.82, 2.24) is 0 Å². The van der Waals surface area contributed by atoms with Crippen molar-refractivity contribution in [2.75, 3.05) is 27.4 Å². The van der Waals surface area contributed by atoms with Crippen LogP contribution in [0, 0.1) is 0 Å². The predicted molar refractivity (Wildman–Crippen MR) is 33.4 cm³/mol. The summed E-state index contributed by atoms with van der Waals surface area (Å²) in [4.78, 5) is 0. The highest BCUT2D eigenvalue weighted by molar-refractivity contribution is 6.17. The van der Waals surface area contributed by atoms with E-state index >= 15 is 0 Å². The first-order valence-electron chi connectivity index (χ1n) is 2.47. The van der Waals surface area contributed by atoms with E-state index in [1.165, 1.54) is 0 Å². The van der Waals surface area contributed by atoms with Crippen LogP contribution in [0.3, 0.4) is 0 Å². The predicted octanol–water partition coefficient (Wildman–Crippen LogP) is -0.705. The van der Waals surface area contributed by atoms with Crippen LogP contribution in [0.25, 0.3) is 0 Å². The second-order valence-electron chi connectivity index (χ2n) is 1.31. The van der Waals surface area contributed by atoms with Crippen molar-refractivity contribution in [1.29, 1.82) is 0 Å². The average molecular weight is 136 g/mol. The van der Waals surface area contributed by atoms with Gasteiger partial charge in [-0.3, -0.25) is 0 Å². The maximum atomic E-state index is 5.01. The molecule has 8 heavy (non-hydrogen) atoms. The van der Waals surface area contributed by atoms with E-state index in [0.717, 1.165) is 0 Å². The van der Waals surface area contributed by atoms with Crippen LogP contribution in [0.2, 0.25) is 0 Å². The highest BCUT2D eigenvalue weighted by Crippen LogP contribution is 1.71. The summed E-state index contributed by atoms with van der Waals surface area (Å²) in [6.45, 7) is 1.33. The molecule has 0 spiro atoms. The topological polar surface area (TPSA) is 27.7 Å². The van der Waals surface area contributed by atoms with Gasteiger partial charge in [-0.15, -0.1) is 0 Å². The monoisotopic (exact) mass is 136 g/mol. The lowest BCUT2D eigenvalue weighted by atomic mass is 10.8. The third kappa shape index (κ3) is 6.10. The van der Waals surface area contributed by atoms with Crippen LogP contribution in [-0.4, -0.2) is 37.4 Å². The minimum atomic E-state index is -0.679. The van der Waals surface area contributed by atoms with Gasteiger partial charge in [0.25, 0.3) is 0 Å². The highest BCUT2D eigenvalue weighted by atomic mass is 28.3. The first kappa shape index (κ1) is 8.10. The molecule has 0 aromatic rings. The molecule has 0 amide bonds. The van der Waals surface area contributed by atoms with Crippen molar-refractivity contribution in [2.45, 2.75) is 0 Å². The number of methoxy groups -OCH3 is 1. The van der Waals surface area contributed by atoms with Crippen molar-refractivity contribution in [3.63, 3.8) is 0 Å². The van der Waals surface area contributed by atoms with Crippen molar-refractivity contribution in [2.24, 2.45) is 0 Å². The Bertz CT molecular complexity index is 36.3. The third-order valence-corrected chi connectivity index (χ3v) is 1.32. The molecule has 0 aromatic heterocycles. The maximum absolute atomic E-state index is 5.01. The third-order valence-electron chi connectivity index (χ3n) is 0.633. The molecule has 50 valence electrons. The summed E-state index contributed by atoms with van der Waals surface area (Å²) in [5, 5.41) is 0. The van der Waals surface area contributed by atoms with Crippen LogP contribution in [0.5, 0.6) is 0 Å². The quantitative estimate of drug-likeness (QED) is 0.369. The summed E-state index contributed by atoms with van der Waals surface area (Å²) in [7, 11) is 2.62. The second-order valence-corrected chi connectivity index (χ2v) is 2.53. The van der Waals surface area contributed by atoms with Gasteiger partial charge in [-0.25, -0.2) is 0 Å². The van der Waals surface area contributed by atoms with Gasteiger partial charge in [-0.05, 0) is 0 Å². The Morgan fingerprint density at radius 2 is 2.00 bits per heavy atom. The largest absolute Gasteiger partial charge is 0.402 e. The summed E-state index contributed by atoms with van der Waals surface area (Å²) in [5.41, 5.74) is 0. The van der Waals surface area contributed by atoms with Crippen molar-refractivity contribution in [3.05, 3.63) is 0 Å². The molecule has 0 saturated heterocycles. The zero-order chi connectivity index (χ0) is 6.24. The molecule has 0 radical (unpaired) electrons. The van der Waals surface area contributed by atoms with E-state index in [2.05, 4.69) is 0 Å². The Balaban J connectivity index is 2.53. The lowest BCUT2D eigenvalue weighted by Crippen LogP contribution is -2.06. The molecule has 0 aliphatic heterocycles. The van der Waals surface area contributed by atoms with Crippen LogP contribution in [0.4, 0.5) is 0 Å². The molecule has 0 atom stereocenters. The number of rotatable bonds is 5. The van der Waals surface area contributed by atoms with Gasteiger partial charge in [-0.2, -0.15) is 0 Å². The summed E-state index contributed by atoms with van der Waals surface area (Å²) in [5.74, 6) is 0.